The van der Waals surface area contributed by atoms with Crippen molar-refractivity contribution in [3.8, 4) is 0 Å². The van der Waals surface area contributed by atoms with Crippen LogP contribution in [0, 0.1) is 11.3 Å². The lowest BCUT2D eigenvalue weighted by Crippen LogP contribution is -2.80. The summed E-state index contributed by atoms with van der Waals surface area (Å²) in [7, 11) is 0. The first-order chi connectivity index (χ1) is 9.31. The molecule has 0 bridgehead atoms. The summed E-state index contributed by atoms with van der Waals surface area (Å²) in [5.74, 6) is -0.227. The Morgan fingerprint density at radius 2 is 2.25 bits per heavy atom. The maximum absolute atomic E-state index is 12.3. The molecule has 3 N–H and O–H groups in total. The second-order valence-electron chi connectivity index (χ2n) is 6.00. The summed E-state index contributed by atoms with van der Waals surface area (Å²) in [6.07, 6.45) is -1.69. The van der Waals surface area contributed by atoms with Crippen molar-refractivity contribution >= 4 is 5.91 Å². The Hall–Kier alpha value is -0.790. The van der Waals surface area contributed by atoms with Crippen LogP contribution in [-0.2, 0) is 14.3 Å². The molecule has 1 saturated heterocycles. The molecule has 2 aliphatic rings. The topological polar surface area (TPSA) is 73.6 Å². The quantitative estimate of drug-likeness (QED) is 0.700. The van der Waals surface area contributed by atoms with E-state index in [2.05, 4.69) is 5.32 Å². The lowest BCUT2D eigenvalue weighted by Gasteiger charge is -2.60. The molecule has 0 aromatic carbocycles. The van der Waals surface area contributed by atoms with Gasteiger partial charge in [0.1, 0.15) is 12.1 Å². The van der Waals surface area contributed by atoms with E-state index in [0.29, 0.717) is 6.61 Å². The van der Waals surface area contributed by atoms with Gasteiger partial charge in [0.2, 0.25) is 5.91 Å². The van der Waals surface area contributed by atoms with Gasteiger partial charge in [0, 0.05) is 24.5 Å². The highest BCUT2D eigenvalue weighted by atomic mass is 19.3. The zero-order valence-corrected chi connectivity index (χ0v) is 11.8. The fourth-order valence-corrected chi connectivity index (χ4v) is 3.40. The Morgan fingerprint density at radius 3 is 2.90 bits per heavy atom. The number of hydrogen-bond donors (Lipinski definition) is 2. The molecule has 2 fully saturated rings. The molecule has 1 aliphatic heterocycles. The van der Waals surface area contributed by atoms with Gasteiger partial charge in [-0.15, -0.1) is 0 Å². The highest BCUT2D eigenvalue weighted by Gasteiger charge is 2.71. The molecule has 116 valence electrons. The van der Waals surface area contributed by atoms with Crippen LogP contribution in [0.1, 0.15) is 20.3 Å². The number of ether oxygens (including phenoxy) is 2. The minimum atomic E-state index is -2.49. The molecule has 20 heavy (non-hydrogen) atoms. The maximum atomic E-state index is 12.3. The summed E-state index contributed by atoms with van der Waals surface area (Å²) in [6.45, 7) is 4.09. The lowest BCUT2D eigenvalue weighted by molar-refractivity contribution is -0.175. The summed E-state index contributed by atoms with van der Waals surface area (Å²) in [6, 6.07) is 0. The van der Waals surface area contributed by atoms with Gasteiger partial charge in [-0.2, -0.15) is 0 Å². The van der Waals surface area contributed by atoms with Gasteiger partial charge in [0.15, 0.2) is 0 Å². The fraction of sp³-hybridized carbons (Fsp3) is 0.923. The zero-order chi connectivity index (χ0) is 15.0. The van der Waals surface area contributed by atoms with E-state index < -0.39 is 24.0 Å². The second-order valence-corrected chi connectivity index (χ2v) is 6.00. The number of fused-ring (bicyclic) bond motifs is 1. The van der Waals surface area contributed by atoms with Crippen LogP contribution in [0.3, 0.4) is 0 Å². The molecule has 0 aromatic heterocycles. The minimum absolute atomic E-state index is 0.0216. The van der Waals surface area contributed by atoms with E-state index in [9.17, 15) is 13.6 Å². The Kier molecular flexibility index (Phi) is 4.32. The van der Waals surface area contributed by atoms with Crippen LogP contribution < -0.4 is 11.1 Å². The van der Waals surface area contributed by atoms with Crippen LogP contribution in [-0.4, -0.2) is 50.3 Å². The summed E-state index contributed by atoms with van der Waals surface area (Å²) >= 11 is 0. The number of halogens is 2. The molecule has 3 atom stereocenters. The van der Waals surface area contributed by atoms with Gasteiger partial charge in [-0.3, -0.25) is 4.79 Å². The van der Waals surface area contributed by atoms with Crippen molar-refractivity contribution in [1.29, 1.82) is 0 Å². The van der Waals surface area contributed by atoms with Gasteiger partial charge >= 0.3 is 0 Å². The van der Waals surface area contributed by atoms with E-state index in [1.165, 1.54) is 0 Å². The number of alkyl halides is 2. The Morgan fingerprint density at radius 1 is 1.55 bits per heavy atom. The monoisotopic (exact) mass is 292 g/mol. The van der Waals surface area contributed by atoms with Gasteiger partial charge in [0.25, 0.3) is 6.43 Å². The van der Waals surface area contributed by atoms with E-state index in [1.807, 2.05) is 13.8 Å². The van der Waals surface area contributed by atoms with Crippen LogP contribution in [0.15, 0.2) is 0 Å². The van der Waals surface area contributed by atoms with Crippen molar-refractivity contribution < 1.29 is 23.0 Å². The standard InChI is InChI=1S/C13H22F2N2O3/c1-12(2)10-8(3-5-20-10)13(12,16)11(18)17-4-6-19-7-9(14)15/h8-10H,3-7,16H2,1-2H3,(H,17,18). The Balaban J connectivity index is 1.83. The molecule has 1 aliphatic carbocycles. The first kappa shape index (κ1) is 15.6. The molecule has 1 heterocycles. The molecular weight excluding hydrogens is 270 g/mol. The van der Waals surface area contributed by atoms with Gasteiger partial charge in [0.05, 0.1) is 12.7 Å². The average molecular weight is 292 g/mol. The maximum Gasteiger partial charge on any atom is 0.261 e. The molecule has 2 rings (SSSR count). The molecule has 0 spiro atoms. The predicted octanol–water partition coefficient (Wildman–Crippen LogP) is 0.527. The number of rotatable bonds is 6. The summed E-state index contributed by atoms with van der Waals surface area (Å²) < 4.78 is 34.1. The number of carbonyl (C=O) groups excluding carboxylic acids is 1. The fourth-order valence-electron chi connectivity index (χ4n) is 3.40. The minimum Gasteiger partial charge on any atom is -0.377 e. The molecule has 0 radical (unpaired) electrons. The van der Waals surface area contributed by atoms with Gasteiger partial charge in [-0.25, -0.2) is 8.78 Å². The van der Waals surface area contributed by atoms with Crippen molar-refractivity contribution in [1.82, 2.24) is 5.32 Å². The lowest BCUT2D eigenvalue weighted by atomic mass is 9.48. The number of nitrogens with two attached hydrogens (primary N) is 1. The number of nitrogens with one attached hydrogen (secondary N) is 1. The van der Waals surface area contributed by atoms with Gasteiger partial charge < -0.3 is 20.5 Å². The molecule has 1 saturated carbocycles. The molecule has 1 amide bonds. The zero-order valence-electron chi connectivity index (χ0n) is 11.8. The third-order valence-electron chi connectivity index (χ3n) is 4.61. The van der Waals surface area contributed by atoms with Crippen molar-refractivity contribution in [3.05, 3.63) is 0 Å². The molecular formula is C13H22F2N2O3. The van der Waals surface area contributed by atoms with Crippen LogP contribution >= 0.6 is 0 Å². The summed E-state index contributed by atoms with van der Waals surface area (Å²) in [4.78, 5) is 12.3. The third-order valence-corrected chi connectivity index (χ3v) is 4.61. The predicted molar refractivity (Wildman–Crippen MR) is 68.4 cm³/mol. The van der Waals surface area contributed by atoms with E-state index in [1.54, 1.807) is 0 Å². The Bertz CT molecular complexity index is 379. The number of carbonyl (C=O) groups is 1. The normalized spacial score (nSPS) is 34.7. The van der Waals surface area contributed by atoms with Gasteiger partial charge in [-0.05, 0) is 6.42 Å². The first-order valence-corrected chi connectivity index (χ1v) is 6.86. The van der Waals surface area contributed by atoms with Crippen LogP contribution in [0.25, 0.3) is 0 Å². The smallest absolute Gasteiger partial charge is 0.261 e. The van der Waals surface area contributed by atoms with Crippen LogP contribution in [0.2, 0.25) is 0 Å². The van der Waals surface area contributed by atoms with E-state index in [-0.39, 0.29) is 31.1 Å². The highest BCUT2D eigenvalue weighted by Crippen LogP contribution is 2.58. The number of amides is 1. The summed E-state index contributed by atoms with van der Waals surface area (Å²) in [5.41, 5.74) is 4.93. The van der Waals surface area contributed by atoms with E-state index in [0.717, 1.165) is 6.42 Å². The second kappa shape index (κ2) is 5.54. The molecule has 5 nitrogen and oxygen atoms in total. The van der Waals surface area contributed by atoms with Crippen molar-refractivity contribution in [3.63, 3.8) is 0 Å². The molecule has 0 aromatic rings. The van der Waals surface area contributed by atoms with E-state index >= 15 is 0 Å². The molecule has 3 unspecified atom stereocenters. The van der Waals surface area contributed by atoms with Crippen molar-refractivity contribution in [2.45, 2.75) is 38.3 Å². The first-order valence-electron chi connectivity index (χ1n) is 6.86. The number of hydrogen-bond acceptors (Lipinski definition) is 4. The van der Waals surface area contributed by atoms with Crippen molar-refractivity contribution in [2.24, 2.45) is 17.1 Å². The van der Waals surface area contributed by atoms with Gasteiger partial charge in [-0.1, -0.05) is 13.8 Å². The summed E-state index contributed by atoms with van der Waals surface area (Å²) in [5, 5.41) is 2.68. The van der Waals surface area contributed by atoms with Crippen LogP contribution in [0.4, 0.5) is 8.78 Å². The highest BCUT2D eigenvalue weighted by molar-refractivity contribution is 5.89. The molecule has 7 heteroatoms. The largest absolute Gasteiger partial charge is 0.377 e. The van der Waals surface area contributed by atoms with E-state index in [4.69, 9.17) is 15.2 Å². The average Bonchev–Trinajstić information content (AvgIpc) is 2.84. The van der Waals surface area contributed by atoms with Crippen LogP contribution in [0.5, 0.6) is 0 Å². The van der Waals surface area contributed by atoms with Crippen molar-refractivity contribution in [2.75, 3.05) is 26.4 Å². The SMILES string of the molecule is CC1(C)C2OCCC2C1(N)C(=O)NCCOCC(F)F. The third kappa shape index (κ3) is 2.31. The Labute approximate surface area is 117 Å².